The van der Waals surface area contributed by atoms with E-state index in [2.05, 4.69) is 27.7 Å². The first-order valence-corrected chi connectivity index (χ1v) is 8.72. The number of unbranched alkanes of at least 4 members (excludes halogenated alkanes) is 9. The molecule has 0 saturated carbocycles. The largest absolute Gasteiger partial charge is 0.393 e. The van der Waals surface area contributed by atoms with Crippen LogP contribution in [0.1, 0.15) is 105 Å². The van der Waals surface area contributed by atoms with E-state index in [1.54, 1.807) is 0 Å². The van der Waals surface area contributed by atoms with E-state index in [4.69, 9.17) is 0 Å². The second-order valence-electron chi connectivity index (χ2n) is 6.84. The molecule has 1 heteroatoms. The third kappa shape index (κ3) is 10.4. The Labute approximate surface area is 122 Å². The summed E-state index contributed by atoms with van der Waals surface area (Å²) >= 11 is 0. The van der Waals surface area contributed by atoms with Gasteiger partial charge < -0.3 is 5.11 Å². The number of hydrogen-bond acceptors (Lipinski definition) is 1. The normalized spacial score (nSPS) is 13.7. The Kier molecular flexibility index (Phi) is 11.7. The Bertz CT molecular complexity index is 186. The van der Waals surface area contributed by atoms with E-state index in [1.807, 2.05) is 0 Å². The van der Waals surface area contributed by atoms with Crippen molar-refractivity contribution >= 4 is 0 Å². The molecule has 0 heterocycles. The molecule has 1 N–H and O–H groups in total. The zero-order valence-electron chi connectivity index (χ0n) is 14.0. The van der Waals surface area contributed by atoms with Crippen LogP contribution in [0.3, 0.4) is 0 Å². The predicted molar refractivity (Wildman–Crippen MR) is 86.5 cm³/mol. The standard InChI is InChI=1S/C18H38O/c1-5-7-8-9-10-11-12-13-14-15-16-18(3,4)17(19)6-2/h17,19H,5-16H2,1-4H3. The Balaban J connectivity index is 3.31. The average Bonchev–Trinajstić information content (AvgIpc) is 2.39. The van der Waals surface area contributed by atoms with Crippen LogP contribution in [0.4, 0.5) is 0 Å². The molecule has 0 aliphatic carbocycles. The predicted octanol–water partition coefficient (Wildman–Crippen LogP) is 6.09. The summed E-state index contributed by atoms with van der Waals surface area (Å²) in [6.45, 7) is 8.76. The molecule has 19 heavy (non-hydrogen) atoms. The van der Waals surface area contributed by atoms with Gasteiger partial charge >= 0.3 is 0 Å². The van der Waals surface area contributed by atoms with Crippen molar-refractivity contribution in [3.8, 4) is 0 Å². The van der Waals surface area contributed by atoms with E-state index < -0.39 is 0 Å². The first-order valence-electron chi connectivity index (χ1n) is 8.72. The molecule has 0 fully saturated rings. The molecule has 0 radical (unpaired) electrons. The van der Waals surface area contributed by atoms with Crippen molar-refractivity contribution in [2.24, 2.45) is 5.41 Å². The summed E-state index contributed by atoms with van der Waals surface area (Å²) in [7, 11) is 0. The lowest BCUT2D eigenvalue weighted by molar-refractivity contribution is 0.0393. The van der Waals surface area contributed by atoms with Crippen molar-refractivity contribution in [1.29, 1.82) is 0 Å². The second-order valence-corrected chi connectivity index (χ2v) is 6.84. The van der Waals surface area contributed by atoms with Crippen molar-refractivity contribution in [1.82, 2.24) is 0 Å². The molecular formula is C18H38O. The quantitative estimate of drug-likeness (QED) is 0.401. The van der Waals surface area contributed by atoms with Crippen LogP contribution in [0.2, 0.25) is 0 Å². The third-order valence-corrected chi connectivity index (χ3v) is 4.46. The lowest BCUT2D eigenvalue weighted by Gasteiger charge is -2.29. The zero-order valence-corrected chi connectivity index (χ0v) is 14.0. The van der Waals surface area contributed by atoms with Crippen molar-refractivity contribution in [2.75, 3.05) is 0 Å². The molecule has 0 aliphatic heterocycles. The number of hydrogen-bond donors (Lipinski definition) is 1. The molecule has 0 saturated heterocycles. The molecule has 0 amide bonds. The van der Waals surface area contributed by atoms with E-state index in [0.29, 0.717) is 0 Å². The SMILES string of the molecule is CCCCCCCCCCCCC(C)(C)C(O)CC. The third-order valence-electron chi connectivity index (χ3n) is 4.46. The highest BCUT2D eigenvalue weighted by atomic mass is 16.3. The van der Waals surface area contributed by atoms with Crippen LogP contribution in [-0.4, -0.2) is 11.2 Å². The molecule has 0 rings (SSSR count). The van der Waals surface area contributed by atoms with Gasteiger partial charge in [0.1, 0.15) is 0 Å². The number of aliphatic hydroxyl groups excluding tert-OH is 1. The second kappa shape index (κ2) is 11.8. The molecule has 0 aromatic carbocycles. The van der Waals surface area contributed by atoms with Gasteiger partial charge in [0.15, 0.2) is 0 Å². The molecule has 0 bridgehead atoms. The van der Waals surface area contributed by atoms with E-state index in [0.717, 1.165) is 6.42 Å². The molecular weight excluding hydrogens is 232 g/mol. The van der Waals surface area contributed by atoms with Gasteiger partial charge in [0.05, 0.1) is 6.10 Å². The summed E-state index contributed by atoms with van der Waals surface area (Å²) in [6.07, 6.45) is 15.8. The zero-order chi connectivity index (χ0) is 14.6. The average molecular weight is 271 g/mol. The Morgan fingerprint density at radius 2 is 1.16 bits per heavy atom. The van der Waals surface area contributed by atoms with Crippen LogP contribution >= 0.6 is 0 Å². The van der Waals surface area contributed by atoms with E-state index in [-0.39, 0.29) is 11.5 Å². The maximum Gasteiger partial charge on any atom is 0.0588 e. The van der Waals surface area contributed by atoms with Crippen LogP contribution in [0.5, 0.6) is 0 Å². The van der Waals surface area contributed by atoms with E-state index >= 15 is 0 Å². The fourth-order valence-corrected chi connectivity index (χ4v) is 2.79. The van der Waals surface area contributed by atoms with Gasteiger partial charge in [0.25, 0.3) is 0 Å². The molecule has 1 unspecified atom stereocenters. The monoisotopic (exact) mass is 270 g/mol. The van der Waals surface area contributed by atoms with E-state index in [1.165, 1.54) is 70.6 Å². The van der Waals surface area contributed by atoms with Gasteiger partial charge in [-0.25, -0.2) is 0 Å². The first-order chi connectivity index (χ1) is 9.04. The van der Waals surface area contributed by atoms with Gasteiger partial charge in [-0.05, 0) is 18.3 Å². The van der Waals surface area contributed by atoms with Crippen LogP contribution < -0.4 is 0 Å². The summed E-state index contributed by atoms with van der Waals surface area (Å²) in [5.74, 6) is 0. The van der Waals surface area contributed by atoms with Crippen molar-refractivity contribution in [3.05, 3.63) is 0 Å². The Hall–Kier alpha value is -0.0400. The first kappa shape index (κ1) is 19.0. The molecule has 116 valence electrons. The molecule has 0 spiro atoms. The van der Waals surface area contributed by atoms with Crippen LogP contribution in [0.15, 0.2) is 0 Å². The topological polar surface area (TPSA) is 20.2 Å². The maximum absolute atomic E-state index is 9.93. The minimum absolute atomic E-state index is 0.106. The minimum Gasteiger partial charge on any atom is -0.393 e. The summed E-state index contributed by atoms with van der Waals surface area (Å²) in [6, 6.07) is 0. The molecule has 0 aromatic heterocycles. The molecule has 0 aliphatic rings. The van der Waals surface area contributed by atoms with Crippen LogP contribution in [0, 0.1) is 5.41 Å². The Morgan fingerprint density at radius 3 is 1.58 bits per heavy atom. The highest BCUT2D eigenvalue weighted by Gasteiger charge is 2.25. The summed E-state index contributed by atoms with van der Waals surface area (Å²) in [5.41, 5.74) is 0.106. The van der Waals surface area contributed by atoms with Crippen LogP contribution in [0.25, 0.3) is 0 Å². The highest BCUT2D eigenvalue weighted by molar-refractivity contribution is 4.76. The summed E-state index contributed by atoms with van der Waals surface area (Å²) in [5, 5.41) is 9.93. The fourth-order valence-electron chi connectivity index (χ4n) is 2.79. The van der Waals surface area contributed by atoms with Gasteiger partial charge in [0, 0.05) is 0 Å². The summed E-state index contributed by atoms with van der Waals surface area (Å²) < 4.78 is 0. The van der Waals surface area contributed by atoms with Gasteiger partial charge in [-0.15, -0.1) is 0 Å². The molecule has 1 atom stereocenters. The smallest absolute Gasteiger partial charge is 0.0588 e. The van der Waals surface area contributed by atoms with Gasteiger partial charge in [-0.2, -0.15) is 0 Å². The van der Waals surface area contributed by atoms with Crippen molar-refractivity contribution < 1.29 is 5.11 Å². The lowest BCUT2D eigenvalue weighted by Crippen LogP contribution is -2.28. The fraction of sp³-hybridized carbons (Fsp3) is 1.00. The maximum atomic E-state index is 9.93. The highest BCUT2D eigenvalue weighted by Crippen LogP contribution is 2.29. The van der Waals surface area contributed by atoms with Crippen molar-refractivity contribution in [2.45, 2.75) is 111 Å². The van der Waals surface area contributed by atoms with Gasteiger partial charge in [-0.1, -0.05) is 91.9 Å². The molecule has 1 nitrogen and oxygen atoms in total. The molecule has 0 aromatic rings. The van der Waals surface area contributed by atoms with Crippen molar-refractivity contribution in [3.63, 3.8) is 0 Å². The minimum atomic E-state index is -0.133. The summed E-state index contributed by atoms with van der Waals surface area (Å²) in [4.78, 5) is 0. The number of rotatable bonds is 13. The van der Waals surface area contributed by atoms with Crippen LogP contribution in [-0.2, 0) is 0 Å². The van der Waals surface area contributed by atoms with Gasteiger partial charge in [0.2, 0.25) is 0 Å². The number of aliphatic hydroxyl groups is 1. The Morgan fingerprint density at radius 1 is 0.737 bits per heavy atom. The van der Waals surface area contributed by atoms with Gasteiger partial charge in [-0.3, -0.25) is 0 Å². The lowest BCUT2D eigenvalue weighted by atomic mass is 9.80. The van der Waals surface area contributed by atoms with E-state index in [9.17, 15) is 5.11 Å².